The Morgan fingerprint density at radius 2 is 2.00 bits per heavy atom. The number of allylic oxidation sites excluding steroid dienone is 4. The van der Waals surface area contributed by atoms with Crippen LogP contribution in [0.1, 0.15) is 39.3 Å². The zero-order chi connectivity index (χ0) is 17.4. The van der Waals surface area contributed by atoms with Gasteiger partial charge in [0.15, 0.2) is 11.5 Å². The van der Waals surface area contributed by atoms with Gasteiger partial charge in [-0.15, -0.1) is 5.10 Å². The van der Waals surface area contributed by atoms with Crippen LogP contribution in [-0.4, -0.2) is 20.1 Å². The van der Waals surface area contributed by atoms with E-state index in [-0.39, 0.29) is 12.4 Å². The SMILES string of the molecule is CC(C)=CCC/C(C)=C/Cn1cc(COc2ccccc2O)nn1. The van der Waals surface area contributed by atoms with E-state index in [4.69, 9.17) is 4.74 Å². The van der Waals surface area contributed by atoms with Crippen molar-refractivity contribution in [2.75, 3.05) is 0 Å². The molecule has 0 bridgehead atoms. The quantitative estimate of drug-likeness (QED) is 0.736. The predicted molar refractivity (Wildman–Crippen MR) is 94.9 cm³/mol. The lowest BCUT2D eigenvalue weighted by molar-refractivity contribution is 0.284. The summed E-state index contributed by atoms with van der Waals surface area (Å²) in [5, 5.41) is 17.9. The summed E-state index contributed by atoms with van der Waals surface area (Å²) in [4.78, 5) is 0. The van der Waals surface area contributed by atoms with Gasteiger partial charge in [0, 0.05) is 0 Å². The van der Waals surface area contributed by atoms with E-state index < -0.39 is 0 Å². The molecule has 1 heterocycles. The number of para-hydroxylation sites is 2. The van der Waals surface area contributed by atoms with Gasteiger partial charge in [0.25, 0.3) is 0 Å². The first-order valence-electron chi connectivity index (χ1n) is 8.13. The summed E-state index contributed by atoms with van der Waals surface area (Å²) >= 11 is 0. The second-order valence-electron chi connectivity index (χ2n) is 6.06. The van der Waals surface area contributed by atoms with E-state index in [2.05, 4.69) is 43.2 Å². The fourth-order valence-corrected chi connectivity index (χ4v) is 2.16. The molecule has 0 fully saturated rings. The highest BCUT2D eigenvalue weighted by atomic mass is 16.5. The molecule has 0 aliphatic heterocycles. The van der Waals surface area contributed by atoms with Crippen molar-refractivity contribution in [1.82, 2.24) is 15.0 Å². The monoisotopic (exact) mass is 327 g/mol. The molecular weight excluding hydrogens is 302 g/mol. The van der Waals surface area contributed by atoms with Gasteiger partial charge in [-0.05, 0) is 45.7 Å². The van der Waals surface area contributed by atoms with E-state index in [0.717, 1.165) is 18.5 Å². The van der Waals surface area contributed by atoms with Gasteiger partial charge >= 0.3 is 0 Å². The topological polar surface area (TPSA) is 60.2 Å². The highest BCUT2D eigenvalue weighted by Crippen LogP contribution is 2.24. The molecule has 1 N–H and O–H groups in total. The van der Waals surface area contributed by atoms with Crippen LogP contribution < -0.4 is 4.74 Å². The van der Waals surface area contributed by atoms with E-state index in [1.165, 1.54) is 11.1 Å². The van der Waals surface area contributed by atoms with Crippen molar-refractivity contribution in [3.63, 3.8) is 0 Å². The molecule has 2 aromatic rings. The number of aromatic hydroxyl groups is 1. The van der Waals surface area contributed by atoms with E-state index >= 15 is 0 Å². The normalized spacial score (nSPS) is 11.4. The minimum atomic E-state index is 0.125. The zero-order valence-electron chi connectivity index (χ0n) is 14.6. The third kappa shape index (κ3) is 5.91. The van der Waals surface area contributed by atoms with E-state index in [9.17, 15) is 5.11 Å². The maximum absolute atomic E-state index is 9.67. The molecule has 0 spiro atoms. The van der Waals surface area contributed by atoms with Crippen LogP contribution in [0.2, 0.25) is 0 Å². The molecule has 0 amide bonds. The molecule has 5 nitrogen and oxygen atoms in total. The van der Waals surface area contributed by atoms with E-state index in [1.807, 2.05) is 12.3 Å². The molecule has 0 radical (unpaired) electrons. The highest BCUT2D eigenvalue weighted by Gasteiger charge is 2.04. The second kappa shape index (κ2) is 8.91. The van der Waals surface area contributed by atoms with Crippen molar-refractivity contribution in [3.8, 4) is 11.5 Å². The molecule has 1 aromatic heterocycles. The Morgan fingerprint density at radius 1 is 1.21 bits per heavy atom. The first-order valence-corrected chi connectivity index (χ1v) is 8.13. The largest absolute Gasteiger partial charge is 0.504 e. The first-order chi connectivity index (χ1) is 11.5. The Balaban J connectivity index is 1.82. The van der Waals surface area contributed by atoms with Crippen molar-refractivity contribution in [3.05, 3.63) is 59.5 Å². The van der Waals surface area contributed by atoms with Gasteiger partial charge in [0.2, 0.25) is 0 Å². The van der Waals surface area contributed by atoms with Crippen LogP contribution in [0.5, 0.6) is 11.5 Å². The second-order valence-corrected chi connectivity index (χ2v) is 6.06. The number of hydrogen-bond acceptors (Lipinski definition) is 4. The Hall–Kier alpha value is -2.56. The van der Waals surface area contributed by atoms with Gasteiger partial charge in [0.1, 0.15) is 12.3 Å². The smallest absolute Gasteiger partial charge is 0.161 e. The Morgan fingerprint density at radius 3 is 2.75 bits per heavy atom. The summed E-state index contributed by atoms with van der Waals surface area (Å²) in [6.07, 6.45) is 8.41. The molecule has 0 aliphatic carbocycles. The third-order valence-electron chi connectivity index (χ3n) is 3.54. The van der Waals surface area contributed by atoms with Crippen molar-refractivity contribution < 1.29 is 9.84 Å². The molecule has 2 rings (SSSR count). The number of aromatic nitrogens is 3. The zero-order valence-corrected chi connectivity index (χ0v) is 14.6. The van der Waals surface area contributed by atoms with Crippen LogP contribution in [-0.2, 0) is 13.2 Å². The first kappa shape index (κ1) is 17.8. The Kier molecular flexibility index (Phi) is 6.61. The molecule has 0 atom stereocenters. The lowest BCUT2D eigenvalue weighted by Gasteiger charge is -2.05. The fraction of sp³-hybridized carbons (Fsp3) is 0.368. The number of rotatable bonds is 8. The van der Waals surface area contributed by atoms with Crippen LogP contribution in [0.15, 0.2) is 53.8 Å². The van der Waals surface area contributed by atoms with Gasteiger partial charge in [-0.25, -0.2) is 4.68 Å². The summed E-state index contributed by atoms with van der Waals surface area (Å²) in [7, 11) is 0. The number of benzene rings is 1. The number of phenolic OH excluding ortho intramolecular Hbond substituents is 1. The van der Waals surface area contributed by atoms with Crippen LogP contribution in [0.4, 0.5) is 0 Å². The van der Waals surface area contributed by atoms with Crippen LogP contribution in [0, 0.1) is 0 Å². The molecule has 5 heteroatoms. The molecule has 0 saturated carbocycles. The minimum absolute atomic E-state index is 0.125. The van der Waals surface area contributed by atoms with Crippen LogP contribution in [0.25, 0.3) is 0 Å². The van der Waals surface area contributed by atoms with Crippen molar-refractivity contribution in [2.45, 2.75) is 46.8 Å². The molecule has 128 valence electrons. The fourth-order valence-electron chi connectivity index (χ4n) is 2.16. The van der Waals surface area contributed by atoms with Gasteiger partial charge in [-0.3, -0.25) is 0 Å². The van der Waals surface area contributed by atoms with Gasteiger partial charge in [0.05, 0.1) is 12.7 Å². The molecule has 0 saturated heterocycles. The van der Waals surface area contributed by atoms with Crippen molar-refractivity contribution in [1.29, 1.82) is 0 Å². The van der Waals surface area contributed by atoms with Gasteiger partial charge in [-0.1, -0.05) is 40.6 Å². The standard InChI is InChI=1S/C19H25N3O2/c1-15(2)7-6-8-16(3)11-12-22-13-17(20-21-22)14-24-19-10-5-4-9-18(19)23/h4-5,7,9-11,13,23H,6,8,12,14H2,1-3H3/b16-11+. The molecule has 0 aliphatic rings. The molecular formula is C19H25N3O2. The summed E-state index contributed by atoms with van der Waals surface area (Å²) in [6.45, 7) is 7.35. The van der Waals surface area contributed by atoms with Gasteiger partial charge < -0.3 is 9.84 Å². The number of phenols is 1. The molecule has 24 heavy (non-hydrogen) atoms. The Bertz CT molecular complexity index is 713. The third-order valence-corrected chi connectivity index (χ3v) is 3.54. The molecule has 1 aromatic carbocycles. The minimum Gasteiger partial charge on any atom is -0.504 e. The summed E-state index contributed by atoms with van der Waals surface area (Å²) in [5.74, 6) is 0.571. The number of hydrogen-bond donors (Lipinski definition) is 1. The maximum Gasteiger partial charge on any atom is 0.161 e. The average molecular weight is 327 g/mol. The van der Waals surface area contributed by atoms with Crippen molar-refractivity contribution in [2.24, 2.45) is 0 Å². The van der Waals surface area contributed by atoms with E-state index in [0.29, 0.717) is 12.3 Å². The van der Waals surface area contributed by atoms with Gasteiger partial charge in [-0.2, -0.15) is 0 Å². The lowest BCUT2D eigenvalue weighted by atomic mass is 10.1. The number of ether oxygens (including phenoxy) is 1. The van der Waals surface area contributed by atoms with Crippen LogP contribution in [0.3, 0.4) is 0 Å². The summed E-state index contributed by atoms with van der Waals surface area (Å²) in [5.41, 5.74) is 3.43. The highest BCUT2D eigenvalue weighted by molar-refractivity contribution is 5.37. The summed E-state index contributed by atoms with van der Waals surface area (Å²) in [6, 6.07) is 6.88. The van der Waals surface area contributed by atoms with E-state index in [1.54, 1.807) is 22.9 Å². The predicted octanol–water partition coefficient (Wildman–Crippen LogP) is 4.26. The lowest BCUT2D eigenvalue weighted by Crippen LogP contribution is -1.97. The van der Waals surface area contributed by atoms with Crippen molar-refractivity contribution >= 4 is 0 Å². The Labute approximate surface area is 143 Å². The molecule has 0 unspecified atom stereocenters. The number of nitrogens with zero attached hydrogens (tertiary/aromatic N) is 3. The average Bonchev–Trinajstić information content (AvgIpc) is 3.00. The van der Waals surface area contributed by atoms with Crippen LogP contribution >= 0.6 is 0 Å². The maximum atomic E-state index is 9.67. The summed E-state index contributed by atoms with van der Waals surface area (Å²) < 4.78 is 7.34.